The van der Waals surface area contributed by atoms with Crippen LogP contribution in [-0.4, -0.2) is 51.2 Å². The van der Waals surface area contributed by atoms with E-state index < -0.39 is 0 Å². The first-order valence-corrected chi connectivity index (χ1v) is 9.11. The molecule has 1 atom stereocenters. The van der Waals surface area contributed by atoms with Gasteiger partial charge in [-0.1, -0.05) is 6.07 Å². The Hall–Kier alpha value is -2.05. The number of piperidine rings is 1. The molecular weight excluding hydrogens is 314 g/mol. The number of ether oxygens (including phenoxy) is 1. The predicted octanol–water partition coefficient (Wildman–Crippen LogP) is 2.50. The molecule has 1 N–H and O–H groups in total. The van der Waals surface area contributed by atoms with Crippen molar-refractivity contribution in [2.45, 2.75) is 43.9 Å². The van der Waals surface area contributed by atoms with Crippen LogP contribution in [0.2, 0.25) is 0 Å². The van der Waals surface area contributed by atoms with Gasteiger partial charge in [-0.25, -0.2) is 9.97 Å². The van der Waals surface area contributed by atoms with E-state index in [1.807, 2.05) is 18.3 Å². The Bertz CT molecular complexity index is 658. The van der Waals surface area contributed by atoms with Gasteiger partial charge in [-0.05, 0) is 43.9 Å². The number of pyridine rings is 1. The molecule has 6 nitrogen and oxygen atoms in total. The van der Waals surface area contributed by atoms with Gasteiger partial charge >= 0.3 is 0 Å². The lowest BCUT2D eigenvalue weighted by Gasteiger charge is -2.46. The zero-order chi connectivity index (χ0) is 17.0. The summed E-state index contributed by atoms with van der Waals surface area (Å²) in [6.45, 7) is 3.86. The van der Waals surface area contributed by atoms with Gasteiger partial charge in [-0.2, -0.15) is 0 Å². The fraction of sp³-hybridized carbons (Fsp3) is 0.526. The summed E-state index contributed by atoms with van der Waals surface area (Å²) in [6.07, 6.45) is 9.62. The molecule has 0 amide bonds. The maximum absolute atomic E-state index is 6.25. The Morgan fingerprint density at radius 2 is 1.88 bits per heavy atom. The van der Waals surface area contributed by atoms with Crippen LogP contribution >= 0.6 is 0 Å². The zero-order valence-corrected chi connectivity index (χ0v) is 14.5. The summed E-state index contributed by atoms with van der Waals surface area (Å²) in [4.78, 5) is 15.5. The molecule has 25 heavy (non-hydrogen) atoms. The van der Waals surface area contributed by atoms with E-state index in [9.17, 15) is 0 Å². The van der Waals surface area contributed by atoms with Crippen molar-refractivity contribution in [3.63, 3.8) is 0 Å². The highest BCUT2D eigenvalue weighted by atomic mass is 16.5. The lowest BCUT2D eigenvalue weighted by atomic mass is 9.82. The second-order valence-corrected chi connectivity index (χ2v) is 7.04. The number of likely N-dealkylation sites (tertiary alicyclic amines) is 1. The molecule has 2 aromatic heterocycles. The van der Waals surface area contributed by atoms with Gasteiger partial charge < -0.3 is 10.1 Å². The minimum absolute atomic E-state index is 0.00527. The lowest BCUT2D eigenvalue weighted by Crippen LogP contribution is -2.51. The van der Waals surface area contributed by atoms with Crippen molar-refractivity contribution < 1.29 is 4.74 Å². The highest BCUT2D eigenvalue weighted by Crippen LogP contribution is 2.36. The van der Waals surface area contributed by atoms with Gasteiger partial charge in [-0.3, -0.25) is 9.88 Å². The summed E-state index contributed by atoms with van der Waals surface area (Å²) in [5, 5.41) is 3.48. The fourth-order valence-corrected chi connectivity index (χ4v) is 3.90. The summed E-state index contributed by atoms with van der Waals surface area (Å²) in [6, 6.07) is 8.35. The van der Waals surface area contributed by atoms with Crippen molar-refractivity contribution in [1.29, 1.82) is 0 Å². The molecule has 0 aromatic carbocycles. The molecule has 2 fully saturated rings. The van der Waals surface area contributed by atoms with Crippen LogP contribution in [0, 0.1) is 0 Å². The topological polar surface area (TPSA) is 63.2 Å². The highest BCUT2D eigenvalue weighted by molar-refractivity contribution is 5.25. The second kappa shape index (κ2) is 7.45. The number of hydrogen-bond donors (Lipinski definition) is 1. The molecule has 0 unspecified atom stereocenters. The van der Waals surface area contributed by atoms with Crippen LogP contribution in [0.15, 0.2) is 42.9 Å². The maximum atomic E-state index is 6.25. The molecule has 6 heteroatoms. The molecule has 4 heterocycles. The van der Waals surface area contributed by atoms with Crippen molar-refractivity contribution in [2.24, 2.45) is 0 Å². The van der Waals surface area contributed by atoms with Crippen molar-refractivity contribution in [2.75, 3.05) is 25.0 Å². The zero-order valence-electron chi connectivity index (χ0n) is 14.5. The average Bonchev–Trinajstić information content (AvgIpc) is 2.66. The molecule has 0 saturated carbocycles. The molecule has 0 aliphatic carbocycles. The van der Waals surface area contributed by atoms with Gasteiger partial charge in [0.1, 0.15) is 0 Å². The van der Waals surface area contributed by atoms with E-state index in [-0.39, 0.29) is 5.60 Å². The van der Waals surface area contributed by atoms with Gasteiger partial charge in [0, 0.05) is 50.9 Å². The molecule has 2 aliphatic heterocycles. The van der Waals surface area contributed by atoms with Crippen LogP contribution in [0.25, 0.3) is 0 Å². The minimum atomic E-state index is 0.00527. The monoisotopic (exact) mass is 339 g/mol. The number of rotatable bonds is 4. The van der Waals surface area contributed by atoms with Crippen LogP contribution in [0.5, 0.6) is 0 Å². The fourth-order valence-electron chi connectivity index (χ4n) is 3.90. The van der Waals surface area contributed by atoms with E-state index >= 15 is 0 Å². The lowest BCUT2D eigenvalue weighted by molar-refractivity contribution is -0.115. The van der Waals surface area contributed by atoms with E-state index in [0.717, 1.165) is 63.6 Å². The number of anilines is 1. The number of nitrogens with one attached hydrogen (secondary N) is 1. The predicted molar refractivity (Wildman–Crippen MR) is 96.1 cm³/mol. The van der Waals surface area contributed by atoms with E-state index in [0.29, 0.717) is 6.04 Å². The van der Waals surface area contributed by atoms with Crippen molar-refractivity contribution >= 4 is 5.95 Å². The molecule has 2 saturated heterocycles. The third-order valence-electron chi connectivity index (χ3n) is 5.27. The van der Waals surface area contributed by atoms with Gasteiger partial charge in [-0.15, -0.1) is 0 Å². The summed E-state index contributed by atoms with van der Waals surface area (Å²) < 4.78 is 6.25. The smallest absolute Gasteiger partial charge is 0.222 e. The van der Waals surface area contributed by atoms with Crippen molar-refractivity contribution in [3.8, 4) is 0 Å². The van der Waals surface area contributed by atoms with Gasteiger partial charge in [0.05, 0.1) is 11.3 Å². The first-order valence-electron chi connectivity index (χ1n) is 9.11. The largest absolute Gasteiger partial charge is 0.375 e. The van der Waals surface area contributed by atoms with Gasteiger partial charge in [0.15, 0.2) is 0 Å². The third kappa shape index (κ3) is 4.14. The van der Waals surface area contributed by atoms with Crippen LogP contribution in [0.1, 0.15) is 31.4 Å². The van der Waals surface area contributed by atoms with Crippen LogP contribution in [0.4, 0.5) is 5.95 Å². The van der Waals surface area contributed by atoms with Crippen molar-refractivity contribution in [3.05, 3.63) is 48.5 Å². The molecule has 132 valence electrons. The molecular formula is C19H25N5O. The number of nitrogens with zero attached hydrogens (tertiary/aromatic N) is 4. The Labute approximate surface area is 148 Å². The average molecular weight is 339 g/mol. The Morgan fingerprint density at radius 1 is 1.08 bits per heavy atom. The molecule has 4 rings (SSSR count). The summed E-state index contributed by atoms with van der Waals surface area (Å²) in [5.74, 6) is 0.720. The first kappa shape index (κ1) is 16.4. The number of hydrogen-bond acceptors (Lipinski definition) is 6. The second-order valence-electron chi connectivity index (χ2n) is 7.04. The summed E-state index contributed by atoms with van der Waals surface area (Å²) in [7, 11) is 0. The summed E-state index contributed by atoms with van der Waals surface area (Å²) in [5.41, 5.74) is 1.15. The van der Waals surface area contributed by atoms with Crippen LogP contribution in [-0.2, 0) is 11.3 Å². The van der Waals surface area contributed by atoms with E-state index in [1.165, 1.54) is 0 Å². The van der Waals surface area contributed by atoms with Crippen molar-refractivity contribution in [1.82, 2.24) is 19.9 Å². The molecule has 1 spiro atoms. The quantitative estimate of drug-likeness (QED) is 0.923. The third-order valence-corrected chi connectivity index (χ3v) is 5.27. The minimum Gasteiger partial charge on any atom is -0.375 e. The first-order chi connectivity index (χ1) is 12.3. The Morgan fingerprint density at radius 3 is 2.64 bits per heavy atom. The van der Waals surface area contributed by atoms with Crippen LogP contribution < -0.4 is 5.32 Å². The highest BCUT2D eigenvalue weighted by Gasteiger charge is 2.40. The molecule has 2 aliphatic rings. The Balaban J connectivity index is 1.32. The van der Waals surface area contributed by atoms with E-state index in [2.05, 4.69) is 37.3 Å². The van der Waals surface area contributed by atoms with E-state index in [1.54, 1.807) is 12.4 Å². The standard InChI is InChI=1S/C19H25N5O/c1-2-8-20-17(4-1)15-24-11-6-19(7-12-24)14-16(5-13-25-19)23-18-21-9-3-10-22-18/h1-4,8-10,16H,5-7,11-15H2,(H,21,22,23)/t16-/m1/s1. The van der Waals surface area contributed by atoms with Gasteiger partial charge in [0.2, 0.25) is 5.95 Å². The van der Waals surface area contributed by atoms with Gasteiger partial charge in [0.25, 0.3) is 0 Å². The molecule has 0 bridgehead atoms. The normalized spacial score (nSPS) is 23.4. The maximum Gasteiger partial charge on any atom is 0.222 e. The SMILES string of the molecule is c1ccc(CN2CCC3(CC2)C[C@H](Nc2ncccn2)CCO3)nc1. The summed E-state index contributed by atoms with van der Waals surface area (Å²) >= 11 is 0. The molecule has 0 radical (unpaired) electrons. The number of aromatic nitrogens is 3. The Kier molecular flexibility index (Phi) is 4.90. The van der Waals surface area contributed by atoms with E-state index in [4.69, 9.17) is 4.74 Å². The molecule has 2 aromatic rings. The van der Waals surface area contributed by atoms with Crippen LogP contribution in [0.3, 0.4) is 0 Å².